The van der Waals surface area contributed by atoms with Gasteiger partial charge >= 0.3 is 6.09 Å². The normalized spacial score (nSPS) is 18.6. The number of likely N-dealkylation sites (tertiary alicyclic amines) is 1. The van der Waals surface area contributed by atoms with Gasteiger partial charge in [-0.1, -0.05) is 18.8 Å². The number of hydrogen-bond acceptors (Lipinski definition) is 5. The quantitative estimate of drug-likeness (QED) is 0.789. The Morgan fingerprint density at radius 2 is 1.96 bits per heavy atom. The van der Waals surface area contributed by atoms with Crippen LogP contribution in [0.15, 0.2) is 6.33 Å². The van der Waals surface area contributed by atoms with Gasteiger partial charge in [-0.25, -0.2) is 19.7 Å². The highest BCUT2D eigenvalue weighted by molar-refractivity contribution is 5.82. The summed E-state index contributed by atoms with van der Waals surface area (Å²) in [5.41, 5.74) is 7.49. The lowest BCUT2D eigenvalue weighted by Crippen LogP contribution is -2.37. The number of rotatable bonds is 2. The Kier molecular flexibility index (Phi) is 4.84. The van der Waals surface area contributed by atoms with Crippen molar-refractivity contribution in [2.24, 2.45) is 5.92 Å². The van der Waals surface area contributed by atoms with Crippen molar-refractivity contribution in [3.63, 3.8) is 0 Å². The highest BCUT2D eigenvalue weighted by Gasteiger charge is 2.22. The summed E-state index contributed by atoms with van der Waals surface area (Å²) >= 11 is 0. The molecule has 0 spiro atoms. The SMILES string of the molecule is Nc1nc(C#CCC2CCN(C(=O)O)CC2)nc2c1ncn2C1CCCC1. The molecular formula is C19H24N6O2. The van der Waals surface area contributed by atoms with Gasteiger partial charge in [0, 0.05) is 25.6 Å². The van der Waals surface area contributed by atoms with Gasteiger partial charge in [-0.05, 0) is 37.5 Å². The average molecular weight is 368 g/mol. The summed E-state index contributed by atoms with van der Waals surface area (Å²) in [7, 11) is 0. The minimum Gasteiger partial charge on any atom is -0.465 e. The van der Waals surface area contributed by atoms with Crippen LogP contribution in [0.5, 0.6) is 0 Å². The van der Waals surface area contributed by atoms with E-state index in [2.05, 4.69) is 31.4 Å². The van der Waals surface area contributed by atoms with Crippen molar-refractivity contribution in [2.75, 3.05) is 18.8 Å². The molecule has 1 saturated heterocycles. The van der Waals surface area contributed by atoms with E-state index in [1.165, 1.54) is 17.7 Å². The molecule has 0 unspecified atom stereocenters. The van der Waals surface area contributed by atoms with Crippen molar-refractivity contribution in [3.8, 4) is 11.8 Å². The fourth-order valence-corrected chi connectivity index (χ4v) is 4.05. The highest BCUT2D eigenvalue weighted by atomic mass is 16.4. The van der Waals surface area contributed by atoms with E-state index in [1.54, 1.807) is 0 Å². The van der Waals surface area contributed by atoms with Crippen molar-refractivity contribution in [1.29, 1.82) is 0 Å². The number of piperidine rings is 1. The summed E-state index contributed by atoms with van der Waals surface area (Å²) in [4.78, 5) is 25.7. The van der Waals surface area contributed by atoms with Gasteiger partial charge in [-0.15, -0.1) is 0 Å². The molecule has 0 aromatic carbocycles. The topological polar surface area (TPSA) is 110 Å². The van der Waals surface area contributed by atoms with Crippen LogP contribution in [0.2, 0.25) is 0 Å². The van der Waals surface area contributed by atoms with Crippen molar-refractivity contribution in [2.45, 2.75) is 51.0 Å². The lowest BCUT2D eigenvalue weighted by atomic mass is 9.94. The summed E-state index contributed by atoms with van der Waals surface area (Å²) in [5.74, 6) is 7.42. The van der Waals surface area contributed by atoms with Gasteiger partial charge in [0.25, 0.3) is 0 Å². The monoisotopic (exact) mass is 368 g/mol. The van der Waals surface area contributed by atoms with Gasteiger partial charge < -0.3 is 20.3 Å². The Bertz CT molecular complexity index is 898. The fraction of sp³-hybridized carbons (Fsp3) is 0.579. The van der Waals surface area contributed by atoms with Crippen LogP contribution in [0.25, 0.3) is 11.2 Å². The molecule has 1 aliphatic carbocycles. The number of aromatic nitrogens is 4. The minimum atomic E-state index is -0.837. The Morgan fingerprint density at radius 1 is 1.22 bits per heavy atom. The molecule has 4 rings (SSSR count). The molecule has 2 fully saturated rings. The van der Waals surface area contributed by atoms with Crippen molar-refractivity contribution < 1.29 is 9.90 Å². The molecule has 8 nitrogen and oxygen atoms in total. The number of amides is 1. The molecule has 2 aromatic heterocycles. The predicted molar refractivity (Wildman–Crippen MR) is 101 cm³/mol. The maximum absolute atomic E-state index is 11.0. The average Bonchev–Trinajstić information content (AvgIpc) is 3.31. The predicted octanol–water partition coefficient (Wildman–Crippen LogP) is 2.66. The Balaban J connectivity index is 1.47. The van der Waals surface area contributed by atoms with E-state index in [4.69, 9.17) is 10.8 Å². The van der Waals surface area contributed by atoms with E-state index in [0.29, 0.717) is 42.2 Å². The zero-order chi connectivity index (χ0) is 18.8. The second kappa shape index (κ2) is 7.43. The summed E-state index contributed by atoms with van der Waals surface area (Å²) in [6, 6.07) is 0.435. The molecule has 0 radical (unpaired) electrons. The molecule has 0 bridgehead atoms. The first-order chi connectivity index (χ1) is 13.1. The van der Waals surface area contributed by atoms with Crippen molar-refractivity contribution in [1.82, 2.24) is 24.4 Å². The van der Waals surface area contributed by atoms with Gasteiger partial charge in [-0.3, -0.25) is 0 Å². The first-order valence-electron chi connectivity index (χ1n) is 9.58. The smallest absolute Gasteiger partial charge is 0.407 e. The third-order valence-electron chi connectivity index (χ3n) is 5.64. The lowest BCUT2D eigenvalue weighted by Gasteiger charge is -2.28. The zero-order valence-electron chi connectivity index (χ0n) is 15.3. The van der Waals surface area contributed by atoms with E-state index in [0.717, 1.165) is 37.8 Å². The number of fused-ring (bicyclic) bond motifs is 1. The molecular weight excluding hydrogens is 344 g/mol. The largest absolute Gasteiger partial charge is 0.465 e. The summed E-state index contributed by atoms with van der Waals surface area (Å²) in [6.07, 6.45) is 8.15. The molecule has 3 N–H and O–H groups in total. The van der Waals surface area contributed by atoms with Crippen LogP contribution in [0.4, 0.5) is 10.6 Å². The van der Waals surface area contributed by atoms with E-state index in [-0.39, 0.29) is 0 Å². The Labute approximate surface area is 157 Å². The van der Waals surface area contributed by atoms with E-state index < -0.39 is 6.09 Å². The molecule has 27 heavy (non-hydrogen) atoms. The van der Waals surface area contributed by atoms with Crippen molar-refractivity contribution >= 4 is 23.1 Å². The molecule has 2 aromatic rings. The van der Waals surface area contributed by atoms with Crippen LogP contribution in [0.1, 0.15) is 56.8 Å². The maximum Gasteiger partial charge on any atom is 0.407 e. The van der Waals surface area contributed by atoms with Crippen LogP contribution in [0.3, 0.4) is 0 Å². The van der Waals surface area contributed by atoms with Crippen LogP contribution in [-0.4, -0.2) is 48.7 Å². The Morgan fingerprint density at radius 3 is 2.67 bits per heavy atom. The summed E-state index contributed by atoms with van der Waals surface area (Å²) in [5, 5.41) is 9.01. The number of hydrogen-bond donors (Lipinski definition) is 2. The third kappa shape index (κ3) is 3.68. The van der Waals surface area contributed by atoms with Gasteiger partial charge in [0.1, 0.15) is 5.52 Å². The second-order valence-corrected chi connectivity index (χ2v) is 7.41. The molecule has 1 amide bonds. The Hall–Kier alpha value is -2.82. The number of nitrogens with zero attached hydrogens (tertiary/aromatic N) is 5. The van der Waals surface area contributed by atoms with E-state index >= 15 is 0 Å². The van der Waals surface area contributed by atoms with E-state index in [9.17, 15) is 4.79 Å². The summed E-state index contributed by atoms with van der Waals surface area (Å²) in [6.45, 7) is 1.16. The number of nitrogens with two attached hydrogens (primary N) is 1. The maximum atomic E-state index is 11.0. The van der Waals surface area contributed by atoms with Gasteiger partial charge in [-0.2, -0.15) is 0 Å². The lowest BCUT2D eigenvalue weighted by molar-refractivity contribution is 0.125. The minimum absolute atomic E-state index is 0.371. The number of carbonyl (C=O) groups is 1. The van der Waals surface area contributed by atoms with Crippen LogP contribution in [0, 0.1) is 17.8 Å². The molecule has 0 atom stereocenters. The molecule has 1 aliphatic heterocycles. The van der Waals surface area contributed by atoms with Crippen molar-refractivity contribution in [3.05, 3.63) is 12.2 Å². The van der Waals surface area contributed by atoms with Crippen LogP contribution >= 0.6 is 0 Å². The molecule has 3 heterocycles. The number of carboxylic acid groups (broad SMARTS) is 1. The fourth-order valence-electron chi connectivity index (χ4n) is 4.05. The van der Waals surface area contributed by atoms with Crippen LogP contribution in [-0.2, 0) is 0 Å². The highest BCUT2D eigenvalue weighted by Crippen LogP contribution is 2.32. The van der Waals surface area contributed by atoms with E-state index in [1.807, 2.05) is 6.33 Å². The first-order valence-corrected chi connectivity index (χ1v) is 9.58. The standard InChI is InChI=1S/C19H24N6O2/c20-17-16-18(25(12-21-16)14-5-1-2-6-14)23-15(22-17)7-3-4-13-8-10-24(11-9-13)19(26)27/h12-14H,1-2,4-6,8-11H2,(H,26,27)(H2,20,22,23). The zero-order valence-corrected chi connectivity index (χ0v) is 15.3. The van der Waals surface area contributed by atoms with Crippen LogP contribution < -0.4 is 5.73 Å². The molecule has 1 saturated carbocycles. The first kappa shape index (κ1) is 17.6. The van der Waals surface area contributed by atoms with Gasteiger partial charge in [0.2, 0.25) is 5.82 Å². The van der Waals surface area contributed by atoms with Gasteiger partial charge in [0.05, 0.1) is 6.33 Å². The number of nitrogen functional groups attached to an aromatic ring is 1. The number of imidazole rings is 1. The second-order valence-electron chi connectivity index (χ2n) is 7.41. The third-order valence-corrected chi connectivity index (χ3v) is 5.64. The molecule has 2 aliphatic rings. The summed E-state index contributed by atoms with van der Waals surface area (Å²) < 4.78 is 2.12. The number of anilines is 1. The molecule has 142 valence electrons. The molecule has 8 heteroatoms. The van der Waals surface area contributed by atoms with Gasteiger partial charge in [0.15, 0.2) is 11.5 Å².